The molecule has 2 N–H and O–H groups in total. The third-order valence-corrected chi connectivity index (χ3v) is 4.94. The molecule has 3 aromatic rings. The first kappa shape index (κ1) is 18.8. The molecule has 0 aliphatic carbocycles. The van der Waals surface area contributed by atoms with Gasteiger partial charge in [-0.05, 0) is 36.1 Å². The molecule has 6 nitrogen and oxygen atoms in total. The van der Waals surface area contributed by atoms with E-state index in [1.807, 2.05) is 48.5 Å². The molecule has 2 amide bonds. The highest BCUT2D eigenvalue weighted by Gasteiger charge is 2.12. The fourth-order valence-corrected chi connectivity index (χ4v) is 3.17. The normalized spacial score (nSPS) is 11.6. The molecule has 0 fully saturated rings. The second-order valence-electron chi connectivity index (χ2n) is 6.08. The molecular formula is C20H22N4O2S. The van der Waals surface area contributed by atoms with Crippen LogP contribution in [0.4, 0.5) is 15.6 Å². The third kappa shape index (κ3) is 5.27. The van der Waals surface area contributed by atoms with Crippen LogP contribution in [0.15, 0.2) is 54.6 Å². The van der Waals surface area contributed by atoms with Gasteiger partial charge in [-0.3, -0.25) is 5.32 Å². The Labute approximate surface area is 162 Å². The summed E-state index contributed by atoms with van der Waals surface area (Å²) in [6.45, 7) is 4.65. The molecule has 0 unspecified atom stereocenters. The van der Waals surface area contributed by atoms with Crippen LogP contribution in [0.1, 0.15) is 36.8 Å². The van der Waals surface area contributed by atoms with Crippen LogP contribution in [0.3, 0.4) is 0 Å². The summed E-state index contributed by atoms with van der Waals surface area (Å²) >= 11 is 1.29. The second kappa shape index (κ2) is 9.14. The molecule has 3 rings (SSSR count). The topological polar surface area (TPSA) is 76.1 Å². The van der Waals surface area contributed by atoms with E-state index >= 15 is 0 Å². The van der Waals surface area contributed by atoms with Gasteiger partial charge in [-0.15, -0.1) is 10.2 Å². The van der Waals surface area contributed by atoms with Crippen molar-refractivity contribution < 1.29 is 9.53 Å². The average molecular weight is 382 g/mol. The van der Waals surface area contributed by atoms with Crippen LogP contribution in [0.25, 0.3) is 0 Å². The first-order valence-electron chi connectivity index (χ1n) is 8.83. The SMILES string of the molecule is CC[C@H](C)c1ccccc1OCc1nnc(NC(=O)Nc2ccccc2)s1. The van der Waals surface area contributed by atoms with Crippen molar-refractivity contribution in [2.45, 2.75) is 32.8 Å². The van der Waals surface area contributed by atoms with Gasteiger partial charge in [0.1, 0.15) is 12.4 Å². The largest absolute Gasteiger partial charge is 0.486 e. The lowest BCUT2D eigenvalue weighted by molar-refractivity contribution is 0.262. The van der Waals surface area contributed by atoms with Crippen molar-refractivity contribution in [2.24, 2.45) is 0 Å². The number of urea groups is 1. The summed E-state index contributed by atoms with van der Waals surface area (Å²) in [7, 11) is 0. The molecular weight excluding hydrogens is 360 g/mol. The number of anilines is 2. The van der Waals surface area contributed by atoms with Crippen LogP contribution in [0, 0.1) is 0 Å². The van der Waals surface area contributed by atoms with E-state index in [1.54, 1.807) is 0 Å². The number of rotatable bonds is 7. The molecule has 0 aliphatic rings. The van der Waals surface area contributed by atoms with Gasteiger partial charge in [0.05, 0.1) is 0 Å². The molecule has 1 heterocycles. The molecule has 1 aromatic heterocycles. The summed E-state index contributed by atoms with van der Waals surface area (Å²) in [5.74, 6) is 1.29. The summed E-state index contributed by atoms with van der Waals surface area (Å²) in [6, 6.07) is 16.9. The van der Waals surface area contributed by atoms with Gasteiger partial charge in [0.2, 0.25) is 5.13 Å². The van der Waals surface area contributed by atoms with Crippen molar-refractivity contribution in [1.29, 1.82) is 0 Å². The van der Waals surface area contributed by atoms with Crippen molar-refractivity contribution in [1.82, 2.24) is 10.2 Å². The van der Waals surface area contributed by atoms with E-state index in [0.717, 1.165) is 12.2 Å². The number of amides is 2. The average Bonchev–Trinajstić information content (AvgIpc) is 3.14. The number of nitrogens with zero attached hydrogens (tertiary/aromatic N) is 2. The molecule has 0 spiro atoms. The number of benzene rings is 2. The highest BCUT2D eigenvalue weighted by molar-refractivity contribution is 7.15. The van der Waals surface area contributed by atoms with Crippen molar-refractivity contribution in [2.75, 3.05) is 10.6 Å². The second-order valence-corrected chi connectivity index (χ2v) is 7.14. The number of ether oxygens (including phenoxy) is 1. The lowest BCUT2D eigenvalue weighted by atomic mass is 9.98. The molecule has 2 aromatic carbocycles. The molecule has 140 valence electrons. The Morgan fingerprint density at radius 3 is 2.59 bits per heavy atom. The summed E-state index contributed by atoms with van der Waals surface area (Å²) in [5, 5.41) is 14.6. The Morgan fingerprint density at radius 2 is 1.81 bits per heavy atom. The first-order valence-corrected chi connectivity index (χ1v) is 9.64. The lowest BCUT2D eigenvalue weighted by Gasteiger charge is -2.14. The minimum Gasteiger partial charge on any atom is -0.486 e. The minimum atomic E-state index is -0.355. The quantitative estimate of drug-likeness (QED) is 0.583. The number of para-hydroxylation sites is 2. The van der Waals surface area contributed by atoms with Gasteiger partial charge >= 0.3 is 6.03 Å². The number of hydrogen-bond acceptors (Lipinski definition) is 5. The van der Waals surface area contributed by atoms with Crippen molar-refractivity contribution in [3.8, 4) is 5.75 Å². The highest BCUT2D eigenvalue weighted by Crippen LogP contribution is 2.29. The van der Waals surface area contributed by atoms with Crippen LogP contribution in [-0.4, -0.2) is 16.2 Å². The minimum absolute atomic E-state index is 0.313. The third-order valence-electron chi connectivity index (χ3n) is 4.13. The van der Waals surface area contributed by atoms with Gasteiger partial charge in [-0.2, -0.15) is 0 Å². The fraction of sp³-hybridized carbons (Fsp3) is 0.250. The Bertz CT molecular complexity index is 882. The van der Waals surface area contributed by atoms with Gasteiger partial charge in [-0.1, -0.05) is 61.6 Å². The summed E-state index contributed by atoms with van der Waals surface area (Å²) in [4.78, 5) is 12.0. The number of aromatic nitrogens is 2. The van der Waals surface area contributed by atoms with Crippen LogP contribution < -0.4 is 15.4 Å². The van der Waals surface area contributed by atoms with Crippen LogP contribution in [-0.2, 0) is 6.61 Å². The van der Waals surface area contributed by atoms with Crippen molar-refractivity contribution in [3.63, 3.8) is 0 Å². The smallest absolute Gasteiger partial charge is 0.325 e. The lowest BCUT2D eigenvalue weighted by Crippen LogP contribution is -2.19. The van der Waals surface area contributed by atoms with Gasteiger partial charge < -0.3 is 10.1 Å². The van der Waals surface area contributed by atoms with E-state index in [-0.39, 0.29) is 6.03 Å². The Hall–Kier alpha value is -2.93. The number of carbonyl (C=O) groups is 1. The fourth-order valence-electron chi connectivity index (χ4n) is 2.52. The predicted octanol–water partition coefficient (Wildman–Crippen LogP) is 5.27. The summed E-state index contributed by atoms with van der Waals surface area (Å²) in [6.07, 6.45) is 1.05. The highest BCUT2D eigenvalue weighted by atomic mass is 32.1. The maximum absolute atomic E-state index is 12.0. The zero-order valence-electron chi connectivity index (χ0n) is 15.3. The van der Waals surface area contributed by atoms with Gasteiger partial charge in [-0.25, -0.2) is 4.79 Å². The van der Waals surface area contributed by atoms with Crippen molar-refractivity contribution >= 4 is 28.2 Å². The van der Waals surface area contributed by atoms with E-state index < -0.39 is 0 Å². The predicted molar refractivity (Wildman–Crippen MR) is 108 cm³/mol. The Kier molecular flexibility index (Phi) is 6.38. The molecule has 1 atom stereocenters. The van der Waals surface area contributed by atoms with Crippen LogP contribution in [0.2, 0.25) is 0 Å². The summed E-state index contributed by atoms with van der Waals surface area (Å²) < 4.78 is 5.94. The van der Waals surface area contributed by atoms with E-state index in [9.17, 15) is 4.79 Å². The maximum atomic E-state index is 12.0. The molecule has 7 heteroatoms. The zero-order chi connectivity index (χ0) is 19.1. The maximum Gasteiger partial charge on any atom is 0.325 e. The Balaban J connectivity index is 1.56. The monoisotopic (exact) mass is 382 g/mol. The van der Waals surface area contributed by atoms with Crippen molar-refractivity contribution in [3.05, 3.63) is 65.2 Å². The molecule has 0 radical (unpaired) electrons. The van der Waals surface area contributed by atoms with Gasteiger partial charge in [0, 0.05) is 5.69 Å². The van der Waals surface area contributed by atoms with Gasteiger partial charge in [0.15, 0.2) is 5.01 Å². The van der Waals surface area contributed by atoms with Crippen LogP contribution in [0.5, 0.6) is 5.75 Å². The van der Waals surface area contributed by atoms with E-state index in [2.05, 4.69) is 40.7 Å². The van der Waals surface area contributed by atoms with E-state index in [0.29, 0.717) is 28.4 Å². The molecule has 0 aliphatic heterocycles. The first-order chi connectivity index (χ1) is 13.2. The van der Waals surface area contributed by atoms with Crippen LogP contribution >= 0.6 is 11.3 Å². The number of carbonyl (C=O) groups excluding carboxylic acids is 1. The van der Waals surface area contributed by atoms with E-state index in [1.165, 1.54) is 16.9 Å². The number of hydrogen-bond donors (Lipinski definition) is 2. The zero-order valence-corrected chi connectivity index (χ0v) is 16.1. The molecule has 0 bridgehead atoms. The Morgan fingerprint density at radius 1 is 1.07 bits per heavy atom. The molecule has 27 heavy (non-hydrogen) atoms. The number of nitrogens with one attached hydrogen (secondary N) is 2. The molecule has 0 saturated heterocycles. The van der Waals surface area contributed by atoms with E-state index in [4.69, 9.17) is 4.74 Å². The summed E-state index contributed by atoms with van der Waals surface area (Å²) in [5.41, 5.74) is 1.90. The molecule has 0 saturated carbocycles. The standard InChI is InChI=1S/C20H22N4O2S/c1-3-14(2)16-11-7-8-12-17(16)26-13-18-23-24-20(27-18)22-19(25)21-15-9-5-4-6-10-15/h4-12,14H,3,13H2,1-2H3,(H2,21,22,24,25)/t14-/m0/s1. The van der Waals surface area contributed by atoms with Gasteiger partial charge in [0.25, 0.3) is 0 Å².